The molecule has 8 nitrogen and oxygen atoms in total. The van der Waals surface area contributed by atoms with Crippen LogP contribution in [0.3, 0.4) is 0 Å². The van der Waals surface area contributed by atoms with Gasteiger partial charge in [-0.25, -0.2) is 4.79 Å². The maximum atomic E-state index is 12.7. The number of hydrogen-bond donors (Lipinski definition) is 1. The van der Waals surface area contributed by atoms with E-state index in [1.54, 1.807) is 35.2 Å². The molecule has 1 fully saturated rings. The molecule has 8 heteroatoms. The zero-order valence-corrected chi connectivity index (χ0v) is 17.0. The fourth-order valence-corrected chi connectivity index (χ4v) is 3.09. The first kappa shape index (κ1) is 21.9. The number of para-hydroxylation sites is 1. The highest BCUT2D eigenvalue weighted by atomic mass is 16.5. The standard InChI is InChI=1S/C23H22N2O6/c1-29-20-4-2-3-18(13-19(14-24)22(26)25-9-11-30-12-10-25)21(20)31-15-16-5-7-17(8-6-16)23(27)28/h2-8,13H,9-12,15H2,1H3,(H,27,28)/b19-13-. The van der Waals surface area contributed by atoms with Crippen LogP contribution in [0.1, 0.15) is 21.5 Å². The van der Waals surface area contributed by atoms with E-state index in [0.717, 1.165) is 5.56 Å². The molecule has 2 aromatic carbocycles. The Labute approximate surface area is 179 Å². The van der Waals surface area contributed by atoms with Crippen LogP contribution >= 0.6 is 0 Å². The summed E-state index contributed by atoms with van der Waals surface area (Å²) in [5, 5.41) is 18.6. The van der Waals surface area contributed by atoms with Gasteiger partial charge in [-0.1, -0.05) is 24.3 Å². The summed E-state index contributed by atoms with van der Waals surface area (Å²) in [6.07, 6.45) is 1.49. The normalized spacial score (nSPS) is 13.9. The molecule has 160 valence electrons. The number of carbonyl (C=O) groups excluding carboxylic acids is 1. The number of amides is 1. The second-order valence-corrected chi connectivity index (χ2v) is 6.74. The molecule has 1 amide bonds. The van der Waals surface area contributed by atoms with Crippen molar-refractivity contribution in [3.05, 3.63) is 64.7 Å². The van der Waals surface area contributed by atoms with Crippen molar-refractivity contribution in [3.63, 3.8) is 0 Å². The van der Waals surface area contributed by atoms with Gasteiger partial charge in [0.15, 0.2) is 11.5 Å². The van der Waals surface area contributed by atoms with Crippen molar-refractivity contribution in [2.24, 2.45) is 0 Å². The molecule has 0 unspecified atom stereocenters. The molecular formula is C23H22N2O6. The molecule has 1 heterocycles. The topological polar surface area (TPSA) is 109 Å². The van der Waals surface area contributed by atoms with Crippen LogP contribution in [-0.4, -0.2) is 55.3 Å². The number of benzene rings is 2. The lowest BCUT2D eigenvalue weighted by Crippen LogP contribution is -2.41. The number of carboxylic acid groups (broad SMARTS) is 1. The number of hydrogen-bond acceptors (Lipinski definition) is 6. The van der Waals surface area contributed by atoms with Gasteiger partial charge in [0, 0.05) is 18.7 Å². The van der Waals surface area contributed by atoms with E-state index in [4.69, 9.17) is 19.3 Å². The minimum absolute atomic E-state index is 0.00851. The monoisotopic (exact) mass is 422 g/mol. The maximum absolute atomic E-state index is 12.7. The quantitative estimate of drug-likeness (QED) is 0.540. The first-order valence-electron chi connectivity index (χ1n) is 9.64. The smallest absolute Gasteiger partial charge is 0.335 e. The van der Waals surface area contributed by atoms with Gasteiger partial charge in [0.2, 0.25) is 0 Å². The van der Waals surface area contributed by atoms with Gasteiger partial charge in [0.05, 0.1) is 25.9 Å². The van der Waals surface area contributed by atoms with Crippen molar-refractivity contribution >= 4 is 18.0 Å². The Kier molecular flexibility index (Phi) is 7.25. The van der Waals surface area contributed by atoms with Crippen LogP contribution in [0.5, 0.6) is 11.5 Å². The summed E-state index contributed by atoms with van der Waals surface area (Å²) in [6, 6.07) is 13.5. The number of ether oxygens (including phenoxy) is 3. The van der Waals surface area contributed by atoms with E-state index in [0.29, 0.717) is 43.4 Å². The summed E-state index contributed by atoms with van der Waals surface area (Å²) in [7, 11) is 1.50. The van der Waals surface area contributed by atoms with Crippen LogP contribution in [0.4, 0.5) is 0 Å². The summed E-state index contributed by atoms with van der Waals surface area (Å²) in [6.45, 7) is 1.91. The molecular weight excluding hydrogens is 400 g/mol. The first-order chi connectivity index (χ1) is 15.0. The van der Waals surface area contributed by atoms with Gasteiger partial charge in [0.1, 0.15) is 18.2 Å². The molecule has 0 atom stereocenters. The van der Waals surface area contributed by atoms with Crippen molar-refractivity contribution in [1.82, 2.24) is 4.90 Å². The van der Waals surface area contributed by atoms with Crippen LogP contribution in [0, 0.1) is 11.3 Å². The number of carboxylic acids is 1. The Balaban J connectivity index is 1.85. The van der Waals surface area contributed by atoms with E-state index in [1.807, 2.05) is 6.07 Å². The molecule has 0 aliphatic carbocycles. The average molecular weight is 422 g/mol. The Hall–Kier alpha value is -3.83. The lowest BCUT2D eigenvalue weighted by Gasteiger charge is -2.26. The minimum atomic E-state index is -1.00. The first-order valence-corrected chi connectivity index (χ1v) is 9.64. The van der Waals surface area contributed by atoms with Crippen LogP contribution < -0.4 is 9.47 Å². The van der Waals surface area contributed by atoms with Gasteiger partial charge >= 0.3 is 5.97 Å². The average Bonchev–Trinajstić information content (AvgIpc) is 2.81. The third-order valence-corrected chi connectivity index (χ3v) is 4.76. The highest BCUT2D eigenvalue weighted by Gasteiger charge is 2.21. The van der Waals surface area contributed by atoms with Crippen LogP contribution in [0.25, 0.3) is 6.08 Å². The highest BCUT2D eigenvalue weighted by Crippen LogP contribution is 2.33. The summed E-state index contributed by atoms with van der Waals surface area (Å²) < 4.78 is 16.6. The Bertz CT molecular complexity index is 1020. The molecule has 0 aromatic heterocycles. The van der Waals surface area contributed by atoms with Crippen molar-refractivity contribution in [3.8, 4) is 17.6 Å². The molecule has 1 aliphatic rings. The number of nitriles is 1. The number of aromatic carboxylic acids is 1. The fraction of sp³-hybridized carbons (Fsp3) is 0.261. The molecule has 1 saturated heterocycles. The Morgan fingerprint density at radius 1 is 1.19 bits per heavy atom. The molecule has 0 bridgehead atoms. The maximum Gasteiger partial charge on any atom is 0.335 e. The molecule has 1 N–H and O–H groups in total. The van der Waals surface area contributed by atoms with E-state index in [9.17, 15) is 14.9 Å². The summed E-state index contributed by atoms with van der Waals surface area (Å²) in [5.41, 5.74) is 1.46. The fourth-order valence-electron chi connectivity index (χ4n) is 3.09. The van der Waals surface area contributed by atoms with Crippen molar-refractivity contribution in [2.45, 2.75) is 6.61 Å². The second-order valence-electron chi connectivity index (χ2n) is 6.74. The van der Waals surface area contributed by atoms with Gasteiger partial charge in [-0.05, 0) is 29.8 Å². The molecule has 1 aliphatic heterocycles. The van der Waals surface area contributed by atoms with Gasteiger partial charge < -0.3 is 24.2 Å². The summed E-state index contributed by atoms with van der Waals surface area (Å²) in [5.74, 6) is -0.524. The van der Waals surface area contributed by atoms with Crippen LogP contribution in [-0.2, 0) is 16.1 Å². The summed E-state index contributed by atoms with van der Waals surface area (Å²) >= 11 is 0. The van der Waals surface area contributed by atoms with E-state index >= 15 is 0 Å². The van der Waals surface area contributed by atoms with Gasteiger partial charge in [-0.3, -0.25) is 4.79 Å². The number of morpholine rings is 1. The van der Waals surface area contributed by atoms with E-state index in [1.165, 1.54) is 25.3 Å². The van der Waals surface area contributed by atoms with Gasteiger partial charge in [-0.2, -0.15) is 5.26 Å². The lowest BCUT2D eigenvalue weighted by molar-refractivity contribution is -0.130. The molecule has 0 spiro atoms. The molecule has 2 aromatic rings. The van der Waals surface area contributed by atoms with Crippen molar-refractivity contribution in [2.75, 3.05) is 33.4 Å². The molecule has 0 radical (unpaired) electrons. The number of rotatable bonds is 7. The summed E-state index contributed by atoms with van der Waals surface area (Å²) in [4.78, 5) is 25.3. The molecule has 0 saturated carbocycles. The second kappa shape index (κ2) is 10.3. The number of nitrogens with zero attached hydrogens (tertiary/aromatic N) is 2. The highest BCUT2D eigenvalue weighted by molar-refractivity contribution is 6.02. The van der Waals surface area contributed by atoms with Crippen molar-refractivity contribution in [1.29, 1.82) is 5.26 Å². The van der Waals surface area contributed by atoms with Crippen LogP contribution in [0.2, 0.25) is 0 Å². The SMILES string of the molecule is COc1cccc(/C=C(/C#N)C(=O)N2CCOCC2)c1OCc1ccc(C(=O)O)cc1. The van der Waals surface area contributed by atoms with E-state index in [2.05, 4.69) is 0 Å². The predicted molar refractivity (Wildman–Crippen MR) is 112 cm³/mol. The molecule has 3 rings (SSSR count). The third kappa shape index (κ3) is 5.41. The number of methoxy groups -OCH3 is 1. The van der Waals surface area contributed by atoms with E-state index in [-0.39, 0.29) is 23.7 Å². The third-order valence-electron chi connectivity index (χ3n) is 4.76. The van der Waals surface area contributed by atoms with Crippen LogP contribution in [0.15, 0.2) is 48.0 Å². The number of carbonyl (C=O) groups is 2. The molecule has 31 heavy (non-hydrogen) atoms. The predicted octanol–water partition coefficient (Wildman–Crippen LogP) is 2.74. The minimum Gasteiger partial charge on any atom is -0.493 e. The lowest BCUT2D eigenvalue weighted by atomic mass is 10.1. The van der Waals surface area contributed by atoms with E-state index < -0.39 is 5.97 Å². The van der Waals surface area contributed by atoms with Gasteiger partial charge in [-0.15, -0.1) is 0 Å². The Morgan fingerprint density at radius 3 is 2.52 bits per heavy atom. The van der Waals surface area contributed by atoms with Gasteiger partial charge in [0.25, 0.3) is 5.91 Å². The van der Waals surface area contributed by atoms with Crippen molar-refractivity contribution < 1.29 is 28.9 Å². The zero-order chi connectivity index (χ0) is 22.2. The largest absolute Gasteiger partial charge is 0.493 e. The zero-order valence-electron chi connectivity index (χ0n) is 17.0. The Morgan fingerprint density at radius 2 is 1.90 bits per heavy atom.